The molecule has 0 atom stereocenters. The van der Waals surface area contributed by atoms with Crippen LogP contribution in [0.3, 0.4) is 0 Å². The molecule has 0 aliphatic heterocycles. The van der Waals surface area contributed by atoms with Crippen molar-refractivity contribution in [2.45, 2.75) is 46.5 Å². The number of rotatable bonds is 8. The molecule has 0 unspecified atom stereocenters. The Balaban J connectivity index is 1.92. The summed E-state index contributed by atoms with van der Waals surface area (Å²) < 4.78 is 5.09. The summed E-state index contributed by atoms with van der Waals surface area (Å²) in [5.41, 5.74) is 3.23. The largest absolute Gasteiger partial charge is 0.457 e. The van der Waals surface area contributed by atoms with Crippen molar-refractivity contribution < 1.29 is 14.3 Å². The number of hydrogen-bond donors (Lipinski definition) is 1. The van der Waals surface area contributed by atoms with Gasteiger partial charge in [-0.3, -0.25) is 14.4 Å². The van der Waals surface area contributed by atoms with Gasteiger partial charge in [0.15, 0.2) is 12.4 Å². The van der Waals surface area contributed by atoms with Gasteiger partial charge in [0.05, 0.1) is 0 Å². The van der Waals surface area contributed by atoms with Crippen LogP contribution in [0.4, 0.5) is 0 Å². The lowest BCUT2D eigenvalue weighted by Gasteiger charge is -2.10. The summed E-state index contributed by atoms with van der Waals surface area (Å²) in [5.74, 6) is -0.751. The minimum Gasteiger partial charge on any atom is -0.457 e. The number of carbonyl (C=O) groups is 2. The molecule has 0 fully saturated rings. The lowest BCUT2D eigenvalue weighted by Crippen LogP contribution is -2.18. The standard InChI is InChI=1S/C22H24N2O4/c1-4-5-16-6-8-17(9-7-16)20(25)13-28-21(26)11-10-18-14(2)19(12-23)22(27)24-15(18)3/h6-9H,4-5,10-11,13H2,1-3H3,(H,24,27). The molecule has 1 aromatic carbocycles. The van der Waals surface area contributed by atoms with Crippen LogP contribution >= 0.6 is 0 Å². The average Bonchev–Trinajstić information content (AvgIpc) is 2.66. The molecule has 0 aliphatic carbocycles. The van der Waals surface area contributed by atoms with Crippen molar-refractivity contribution in [1.82, 2.24) is 4.98 Å². The number of aryl methyl sites for hydroxylation is 2. The van der Waals surface area contributed by atoms with Gasteiger partial charge < -0.3 is 9.72 Å². The van der Waals surface area contributed by atoms with Crippen LogP contribution in [0.5, 0.6) is 0 Å². The number of Topliss-reactive ketones (excluding diaryl/α,β-unsaturated/α-hetero) is 1. The Hall–Kier alpha value is -3.20. The Morgan fingerprint density at radius 3 is 2.43 bits per heavy atom. The fourth-order valence-electron chi connectivity index (χ4n) is 3.09. The summed E-state index contributed by atoms with van der Waals surface area (Å²) in [5, 5.41) is 9.09. The van der Waals surface area contributed by atoms with Crippen molar-refractivity contribution in [3.05, 3.63) is 68.1 Å². The van der Waals surface area contributed by atoms with Gasteiger partial charge in [0, 0.05) is 17.7 Å². The van der Waals surface area contributed by atoms with Crippen LogP contribution in [0.2, 0.25) is 0 Å². The van der Waals surface area contributed by atoms with Crippen LogP contribution in [0, 0.1) is 25.2 Å². The minimum absolute atomic E-state index is 0.0515. The van der Waals surface area contributed by atoms with E-state index in [0.717, 1.165) is 18.4 Å². The average molecular weight is 380 g/mol. The van der Waals surface area contributed by atoms with Crippen LogP contribution in [0.1, 0.15) is 58.1 Å². The zero-order chi connectivity index (χ0) is 20.7. The number of nitriles is 1. The molecule has 6 nitrogen and oxygen atoms in total. The van der Waals surface area contributed by atoms with E-state index < -0.39 is 11.5 Å². The number of carbonyl (C=O) groups excluding carboxylic acids is 2. The van der Waals surface area contributed by atoms with E-state index in [0.29, 0.717) is 23.2 Å². The number of ether oxygens (including phenoxy) is 1. The fraction of sp³-hybridized carbons (Fsp3) is 0.364. The van der Waals surface area contributed by atoms with E-state index in [1.807, 2.05) is 18.2 Å². The molecular weight excluding hydrogens is 356 g/mol. The first-order valence-electron chi connectivity index (χ1n) is 9.27. The third-order valence-electron chi connectivity index (χ3n) is 4.68. The van der Waals surface area contributed by atoms with E-state index in [9.17, 15) is 14.4 Å². The molecular formula is C22H24N2O4. The number of benzene rings is 1. The Morgan fingerprint density at radius 1 is 1.14 bits per heavy atom. The van der Waals surface area contributed by atoms with E-state index >= 15 is 0 Å². The zero-order valence-electron chi connectivity index (χ0n) is 16.4. The molecule has 1 heterocycles. The molecule has 2 rings (SSSR count). The monoisotopic (exact) mass is 380 g/mol. The minimum atomic E-state index is -0.500. The van der Waals surface area contributed by atoms with Crippen molar-refractivity contribution in [2.75, 3.05) is 6.61 Å². The van der Waals surface area contributed by atoms with Crippen molar-refractivity contribution in [2.24, 2.45) is 0 Å². The number of aromatic amines is 1. The molecule has 0 saturated carbocycles. The number of nitrogens with one attached hydrogen (secondary N) is 1. The Kier molecular flexibility index (Phi) is 7.28. The number of ketones is 1. The SMILES string of the molecule is CCCc1ccc(C(=O)COC(=O)CCc2c(C)[nH]c(=O)c(C#N)c2C)cc1. The van der Waals surface area contributed by atoms with Crippen LogP contribution in [0.25, 0.3) is 0 Å². The van der Waals surface area contributed by atoms with E-state index in [1.165, 1.54) is 5.56 Å². The van der Waals surface area contributed by atoms with Crippen LogP contribution in [-0.4, -0.2) is 23.3 Å². The molecule has 146 valence electrons. The van der Waals surface area contributed by atoms with Gasteiger partial charge in [-0.2, -0.15) is 5.26 Å². The molecule has 0 spiro atoms. The maximum Gasteiger partial charge on any atom is 0.306 e. The Bertz CT molecular complexity index is 966. The lowest BCUT2D eigenvalue weighted by molar-refractivity contribution is -0.142. The highest BCUT2D eigenvalue weighted by Crippen LogP contribution is 2.15. The van der Waals surface area contributed by atoms with Gasteiger partial charge >= 0.3 is 5.97 Å². The lowest BCUT2D eigenvalue weighted by atomic mass is 9.99. The van der Waals surface area contributed by atoms with Gasteiger partial charge in [-0.15, -0.1) is 0 Å². The molecule has 2 aromatic rings. The molecule has 0 amide bonds. The van der Waals surface area contributed by atoms with Gasteiger partial charge in [0.2, 0.25) is 0 Å². The van der Waals surface area contributed by atoms with E-state index in [2.05, 4.69) is 11.9 Å². The first-order chi connectivity index (χ1) is 13.4. The maximum atomic E-state index is 12.2. The second-order valence-corrected chi connectivity index (χ2v) is 6.70. The van der Waals surface area contributed by atoms with E-state index in [1.54, 1.807) is 26.0 Å². The van der Waals surface area contributed by atoms with E-state index in [-0.39, 0.29) is 24.4 Å². The molecule has 1 aromatic heterocycles. The van der Waals surface area contributed by atoms with Crippen molar-refractivity contribution in [3.63, 3.8) is 0 Å². The normalized spacial score (nSPS) is 10.4. The number of aromatic nitrogens is 1. The van der Waals surface area contributed by atoms with Crippen LogP contribution in [0.15, 0.2) is 29.1 Å². The number of esters is 1. The highest BCUT2D eigenvalue weighted by atomic mass is 16.5. The van der Waals surface area contributed by atoms with Gasteiger partial charge in [-0.25, -0.2) is 0 Å². The quantitative estimate of drug-likeness (QED) is 0.560. The van der Waals surface area contributed by atoms with Gasteiger partial charge in [-0.05, 0) is 43.4 Å². The van der Waals surface area contributed by atoms with Crippen LogP contribution < -0.4 is 5.56 Å². The Labute approximate surface area is 164 Å². The van der Waals surface area contributed by atoms with Crippen molar-refractivity contribution in [1.29, 1.82) is 5.26 Å². The fourth-order valence-corrected chi connectivity index (χ4v) is 3.09. The number of hydrogen-bond acceptors (Lipinski definition) is 5. The van der Waals surface area contributed by atoms with Gasteiger partial charge in [0.1, 0.15) is 11.6 Å². The van der Waals surface area contributed by atoms with Gasteiger partial charge in [-0.1, -0.05) is 37.6 Å². The second kappa shape index (κ2) is 9.65. The zero-order valence-corrected chi connectivity index (χ0v) is 16.4. The summed E-state index contributed by atoms with van der Waals surface area (Å²) >= 11 is 0. The molecule has 1 N–H and O–H groups in total. The van der Waals surface area contributed by atoms with Crippen LogP contribution in [-0.2, 0) is 22.4 Å². The topological polar surface area (TPSA) is 100 Å². The smallest absolute Gasteiger partial charge is 0.306 e. The molecule has 6 heteroatoms. The first-order valence-corrected chi connectivity index (χ1v) is 9.27. The third kappa shape index (κ3) is 5.17. The van der Waals surface area contributed by atoms with Crippen molar-refractivity contribution >= 4 is 11.8 Å². The number of pyridine rings is 1. The highest BCUT2D eigenvalue weighted by molar-refractivity contribution is 5.97. The third-order valence-corrected chi connectivity index (χ3v) is 4.68. The van der Waals surface area contributed by atoms with Gasteiger partial charge in [0.25, 0.3) is 5.56 Å². The predicted molar refractivity (Wildman–Crippen MR) is 105 cm³/mol. The number of nitrogens with zero attached hydrogens (tertiary/aromatic N) is 1. The molecule has 0 aliphatic rings. The highest BCUT2D eigenvalue weighted by Gasteiger charge is 2.15. The first kappa shape index (κ1) is 21.1. The predicted octanol–water partition coefficient (Wildman–Crippen LogP) is 3.17. The summed E-state index contributed by atoms with van der Waals surface area (Å²) in [6, 6.07) is 9.20. The number of H-pyrrole nitrogens is 1. The maximum absolute atomic E-state index is 12.2. The van der Waals surface area contributed by atoms with Crippen molar-refractivity contribution in [3.8, 4) is 6.07 Å². The molecule has 28 heavy (non-hydrogen) atoms. The summed E-state index contributed by atoms with van der Waals surface area (Å²) in [7, 11) is 0. The summed E-state index contributed by atoms with van der Waals surface area (Å²) in [6.45, 7) is 5.20. The summed E-state index contributed by atoms with van der Waals surface area (Å²) in [6.07, 6.45) is 2.37. The molecule has 0 bridgehead atoms. The van der Waals surface area contributed by atoms with E-state index in [4.69, 9.17) is 10.00 Å². The molecule has 0 radical (unpaired) electrons. The second-order valence-electron chi connectivity index (χ2n) is 6.70. The Morgan fingerprint density at radius 2 is 1.82 bits per heavy atom. The summed E-state index contributed by atoms with van der Waals surface area (Å²) in [4.78, 5) is 38.6. The molecule has 0 saturated heterocycles.